The molecule has 1 heterocycles. The second kappa shape index (κ2) is 4.53. The summed E-state index contributed by atoms with van der Waals surface area (Å²) in [7, 11) is 0. The van der Waals surface area contributed by atoms with Crippen molar-refractivity contribution >= 4 is 17.4 Å². The van der Waals surface area contributed by atoms with E-state index in [1.54, 1.807) is 0 Å². The molecule has 82 valence electrons. The lowest BCUT2D eigenvalue weighted by Crippen LogP contribution is -1.92. The van der Waals surface area contributed by atoms with Gasteiger partial charge in [0.1, 0.15) is 0 Å². The molecular weight excluding hydrogens is 218 g/mol. The SMILES string of the molecule is Cc1cc(C)nc(Sc2cccc(N)c2)n1. The maximum atomic E-state index is 5.72. The Labute approximate surface area is 99.1 Å². The quantitative estimate of drug-likeness (QED) is 0.638. The minimum absolute atomic E-state index is 0.759. The van der Waals surface area contributed by atoms with E-state index in [2.05, 4.69) is 9.97 Å². The molecule has 4 heteroatoms. The second-order valence-corrected chi connectivity index (χ2v) is 4.65. The van der Waals surface area contributed by atoms with Gasteiger partial charge in [-0.1, -0.05) is 6.07 Å². The Balaban J connectivity index is 2.27. The number of rotatable bonds is 2. The fourth-order valence-corrected chi connectivity index (χ4v) is 2.35. The summed E-state index contributed by atoms with van der Waals surface area (Å²) in [6.45, 7) is 3.94. The number of hydrogen-bond donors (Lipinski definition) is 1. The van der Waals surface area contributed by atoms with Gasteiger partial charge in [0.2, 0.25) is 0 Å². The average molecular weight is 231 g/mol. The van der Waals surface area contributed by atoms with Crippen molar-refractivity contribution in [3.05, 3.63) is 41.7 Å². The third kappa shape index (κ3) is 2.73. The zero-order chi connectivity index (χ0) is 11.5. The Morgan fingerprint density at radius 2 is 1.75 bits per heavy atom. The number of nitrogens with two attached hydrogens (primary N) is 1. The number of anilines is 1. The molecule has 16 heavy (non-hydrogen) atoms. The van der Waals surface area contributed by atoms with Crippen LogP contribution in [0.25, 0.3) is 0 Å². The highest BCUT2D eigenvalue weighted by molar-refractivity contribution is 7.99. The van der Waals surface area contributed by atoms with E-state index in [9.17, 15) is 0 Å². The molecule has 0 aliphatic heterocycles. The van der Waals surface area contributed by atoms with Gasteiger partial charge < -0.3 is 5.73 Å². The van der Waals surface area contributed by atoms with Crippen molar-refractivity contribution in [2.75, 3.05) is 5.73 Å². The predicted molar refractivity (Wildman–Crippen MR) is 66.5 cm³/mol. The zero-order valence-corrected chi connectivity index (χ0v) is 10.1. The zero-order valence-electron chi connectivity index (χ0n) is 9.27. The molecule has 0 bridgehead atoms. The molecular formula is C12H13N3S. The maximum absolute atomic E-state index is 5.72. The smallest absolute Gasteiger partial charge is 0.192 e. The van der Waals surface area contributed by atoms with Crippen molar-refractivity contribution in [1.82, 2.24) is 9.97 Å². The number of aromatic nitrogens is 2. The first-order valence-corrected chi connectivity index (χ1v) is 5.81. The Morgan fingerprint density at radius 1 is 1.06 bits per heavy atom. The van der Waals surface area contributed by atoms with Crippen LogP contribution in [-0.4, -0.2) is 9.97 Å². The van der Waals surface area contributed by atoms with Gasteiger partial charge >= 0.3 is 0 Å². The van der Waals surface area contributed by atoms with Crippen molar-refractivity contribution < 1.29 is 0 Å². The van der Waals surface area contributed by atoms with Gasteiger partial charge in [-0.3, -0.25) is 0 Å². The predicted octanol–water partition coefficient (Wildman–Crippen LogP) is 2.83. The first-order valence-electron chi connectivity index (χ1n) is 4.99. The largest absolute Gasteiger partial charge is 0.399 e. The Bertz CT molecular complexity index is 491. The lowest BCUT2D eigenvalue weighted by Gasteiger charge is -2.03. The average Bonchev–Trinajstić information content (AvgIpc) is 2.15. The summed E-state index contributed by atoms with van der Waals surface area (Å²) in [5.41, 5.74) is 8.45. The summed E-state index contributed by atoms with van der Waals surface area (Å²) in [5, 5.41) is 0.767. The number of hydrogen-bond acceptors (Lipinski definition) is 4. The monoisotopic (exact) mass is 231 g/mol. The highest BCUT2D eigenvalue weighted by Crippen LogP contribution is 2.26. The van der Waals surface area contributed by atoms with Crippen LogP contribution in [0.2, 0.25) is 0 Å². The van der Waals surface area contributed by atoms with Crippen LogP contribution in [0.4, 0.5) is 5.69 Å². The van der Waals surface area contributed by atoms with E-state index in [0.717, 1.165) is 27.1 Å². The molecule has 0 aliphatic rings. The standard InChI is InChI=1S/C12H13N3S/c1-8-6-9(2)15-12(14-8)16-11-5-3-4-10(13)7-11/h3-7H,13H2,1-2H3. The molecule has 1 aromatic carbocycles. The number of benzene rings is 1. The summed E-state index contributed by atoms with van der Waals surface area (Å²) < 4.78 is 0. The van der Waals surface area contributed by atoms with Gasteiger partial charge in [0.15, 0.2) is 5.16 Å². The summed E-state index contributed by atoms with van der Waals surface area (Å²) in [4.78, 5) is 9.80. The van der Waals surface area contributed by atoms with Crippen LogP contribution < -0.4 is 5.73 Å². The van der Waals surface area contributed by atoms with E-state index >= 15 is 0 Å². The summed E-state index contributed by atoms with van der Waals surface area (Å²) >= 11 is 1.53. The van der Waals surface area contributed by atoms with Crippen molar-refractivity contribution in [3.8, 4) is 0 Å². The first-order chi connectivity index (χ1) is 7.63. The molecule has 0 fully saturated rings. The maximum Gasteiger partial charge on any atom is 0.192 e. The van der Waals surface area contributed by atoms with E-state index < -0.39 is 0 Å². The van der Waals surface area contributed by atoms with Crippen LogP contribution in [0.3, 0.4) is 0 Å². The highest BCUT2D eigenvalue weighted by Gasteiger charge is 2.02. The Morgan fingerprint density at radius 3 is 2.38 bits per heavy atom. The van der Waals surface area contributed by atoms with E-state index in [1.165, 1.54) is 11.8 Å². The van der Waals surface area contributed by atoms with Gasteiger partial charge in [-0.25, -0.2) is 9.97 Å². The Hall–Kier alpha value is -1.55. The summed E-state index contributed by atoms with van der Waals surface area (Å²) in [6, 6.07) is 9.68. The Kier molecular flexibility index (Phi) is 3.10. The third-order valence-electron chi connectivity index (χ3n) is 2.03. The van der Waals surface area contributed by atoms with Crippen LogP contribution in [0.15, 0.2) is 40.4 Å². The fourth-order valence-electron chi connectivity index (χ4n) is 1.42. The topological polar surface area (TPSA) is 51.8 Å². The number of aryl methyl sites for hydroxylation is 2. The van der Waals surface area contributed by atoms with Crippen molar-refractivity contribution in [3.63, 3.8) is 0 Å². The highest BCUT2D eigenvalue weighted by atomic mass is 32.2. The molecule has 1 aromatic heterocycles. The lowest BCUT2D eigenvalue weighted by atomic mass is 10.3. The van der Waals surface area contributed by atoms with E-state index in [-0.39, 0.29) is 0 Å². The van der Waals surface area contributed by atoms with Gasteiger partial charge in [0.05, 0.1) is 0 Å². The van der Waals surface area contributed by atoms with Crippen LogP contribution in [-0.2, 0) is 0 Å². The summed E-state index contributed by atoms with van der Waals surface area (Å²) in [5.74, 6) is 0. The van der Waals surface area contributed by atoms with Crippen LogP contribution in [0, 0.1) is 13.8 Å². The molecule has 3 nitrogen and oxygen atoms in total. The second-order valence-electron chi connectivity index (χ2n) is 3.61. The molecule has 0 saturated carbocycles. The minimum atomic E-state index is 0.759. The molecule has 2 aromatic rings. The molecule has 0 unspecified atom stereocenters. The van der Waals surface area contributed by atoms with Crippen molar-refractivity contribution in [2.24, 2.45) is 0 Å². The van der Waals surface area contributed by atoms with Gasteiger partial charge in [-0.2, -0.15) is 0 Å². The minimum Gasteiger partial charge on any atom is -0.399 e. The van der Waals surface area contributed by atoms with Crippen molar-refractivity contribution in [2.45, 2.75) is 23.9 Å². The molecule has 0 radical (unpaired) electrons. The molecule has 0 spiro atoms. The van der Waals surface area contributed by atoms with Gasteiger partial charge in [-0.05, 0) is 49.9 Å². The molecule has 0 amide bonds. The molecule has 0 atom stereocenters. The van der Waals surface area contributed by atoms with Crippen LogP contribution in [0.5, 0.6) is 0 Å². The van der Waals surface area contributed by atoms with Gasteiger partial charge in [0, 0.05) is 22.0 Å². The van der Waals surface area contributed by atoms with Crippen molar-refractivity contribution in [1.29, 1.82) is 0 Å². The van der Waals surface area contributed by atoms with E-state index in [1.807, 2.05) is 44.2 Å². The molecule has 2 N–H and O–H groups in total. The van der Waals surface area contributed by atoms with Crippen LogP contribution in [0.1, 0.15) is 11.4 Å². The molecule has 0 saturated heterocycles. The molecule has 0 aliphatic carbocycles. The number of nitrogen functional groups attached to an aromatic ring is 1. The molecule has 2 rings (SSSR count). The lowest BCUT2D eigenvalue weighted by molar-refractivity contribution is 0.902. The third-order valence-corrected chi connectivity index (χ3v) is 2.88. The van der Waals surface area contributed by atoms with Crippen LogP contribution >= 0.6 is 11.8 Å². The van der Waals surface area contributed by atoms with Gasteiger partial charge in [-0.15, -0.1) is 0 Å². The summed E-state index contributed by atoms with van der Waals surface area (Å²) in [6.07, 6.45) is 0. The van der Waals surface area contributed by atoms with E-state index in [0.29, 0.717) is 0 Å². The number of nitrogens with zero attached hydrogens (tertiary/aromatic N) is 2. The first kappa shape index (κ1) is 11.0. The van der Waals surface area contributed by atoms with Gasteiger partial charge in [0.25, 0.3) is 0 Å². The fraction of sp³-hybridized carbons (Fsp3) is 0.167. The van der Waals surface area contributed by atoms with E-state index in [4.69, 9.17) is 5.73 Å². The normalized spacial score (nSPS) is 10.4.